The summed E-state index contributed by atoms with van der Waals surface area (Å²) in [5, 5.41) is 8.92. The van der Waals surface area contributed by atoms with Crippen molar-refractivity contribution in [3.63, 3.8) is 0 Å². The van der Waals surface area contributed by atoms with E-state index in [0.717, 1.165) is 16.7 Å². The molecule has 0 spiro atoms. The van der Waals surface area contributed by atoms with Gasteiger partial charge >= 0.3 is 0 Å². The van der Waals surface area contributed by atoms with Crippen LogP contribution in [-0.2, 0) is 4.57 Å². The fraction of sp³-hybridized carbons (Fsp3) is 0.263. The normalized spacial score (nSPS) is 11.4. The van der Waals surface area contributed by atoms with Gasteiger partial charge in [0.25, 0.3) is 5.52 Å². The third-order valence-corrected chi connectivity index (χ3v) is 3.80. The average Bonchev–Trinajstić information content (AvgIpc) is 2.54. The van der Waals surface area contributed by atoms with Crippen LogP contribution in [0.1, 0.15) is 44.3 Å². The van der Waals surface area contributed by atoms with Crippen LogP contribution in [-0.4, -0.2) is 22.5 Å². The van der Waals surface area contributed by atoms with E-state index in [1.807, 2.05) is 39.0 Å². The molecule has 0 heterocycles. The second-order valence-corrected chi connectivity index (χ2v) is 6.17. The van der Waals surface area contributed by atoms with Crippen LogP contribution in [0.15, 0.2) is 42.5 Å². The molecule has 4 nitrogen and oxygen atoms in total. The van der Waals surface area contributed by atoms with Gasteiger partial charge in [-0.2, -0.15) is 0 Å². The summed E-state index contributed by atoms with van der Waals surface area (Å²) >= 11 is 0. The molecule has 0 amide bonds. The van der Waals surface area contributed by atoms with E-state index in [2.05, 4.69) is 0 Å². The van der Waals surface area contributed by atoms with Gasteiger partial charge in [0.2, 0.25) is 8.46 Å². The topological polar surface area (TPSA) is 71.4 Å². The molecule has 5 heteroatoms. The van der Waals surface area contributed by atoms with E-state index in [0.29, 0.717) is 11.1 Å². The summed E-state index contributed by atoms with van der Waals surface area (Å²) in [5.74, 6) is -0.231. The van der Waals surface area contributed by atoms with Crippen molar-refractivity contribution in [1.82, 2.24) is 0 Å². The first-order valence-corrected chi connectivity index (χ1v) is 8.32. The Kier molecular flexibility index (Phi) is 7.63. The van der Waals surface area contributed by atoms with Gasteiger partial charge in [0.1, 0.15) is 6.10 Å². The van der Waals surface area contributed by atoms with Gasteiger partial charge in [-0.1, -0.05) is 48.0 Å². The van der Waals surface area contributed by atoms with Crippen molar-refractivity contribution in [3.05, 3.63) is 70.3 Å². The third-order valence-electron chi connectivity index (χ3n) is 3.41. The molecule has 0 aromatic heterocycles. The molecule has 1 atom stereocenters. The monoisotopic (exact) mass is 344 g/mol. The quantitative estimate of drug-likeness (QED) is 0.663. The van der Waals surface area contributed by atoms with Crippen LogP contribution in [0.25, 0.3) is 0 Å². The zero-order valence-corrected chi connectivity index (χ0v) is 15.1. The summed E-state index contributed by atoms with van der Waals surface area (Å²) in [6.07, 6.45) is -0.905. The first-order chi connectivity index (χ1) is 11.3. The van der Waals surface area contributed by atoms with Crippen LogP contribution in [0.4, 0.5) is 0 Å². The Morgan fingerprint density at radius 2 is 1.50 bits per heavy atom. The second kappa shape index (κ2) is 9.21. The number of aliphatic hydroxyl groups is 1. The Labute approximate surface area is 143 Å². The van der Waals surface area contributed by atoms with Crippen LogP contribution < -0.4 is 0 Å². The molecule has 0 aliphatic carbocycles. The Hall–Kier alpha value is -2.16. The van der Waals surface area contributed by atoms with Gasteiger partial charge in [0, 0.05) is 11.1 Å². The average molecular weight is 344 g/mol. The summed E-state index contributed by atoms with van der Waals surface area (Å²) in [4.78, 5) is 22.3. The fourth-order valence-electron chi connectivity index (χ4n) is 2.41. The van der Waals surface area contributed by atoms with Gasteiger partial charge in [-0.15, -0.1) is 0 Å². The SMILES string of the molecule is CC(O)C(=O)c1ccccc1.Cc1cc(C)c(C(=O)P=O)c(C)c1. The maximum atomic E-state index is 11.2. The minimum atomic E-state index is -0.905. The Balaban J connectivity index is 0.000000243. The zero-order valence-electron chi connectivity index (χ0n) is 14.2. The molecule has 2 aromatic rings. The number of Topliss-reactive ketones (excluding diaryl/α,β-unsaturated/α-hetero) is 1. The molecule has 24 heavy (non-hydrogen) atoms. The molecule has 1 N–H and O–H groups in total. The first-order valence-electron chi connectivity index (χ1n) is 7.50. The number of carbonyl (C=O) groups excluding carboxylic acids is 2. The van der Waals surface area contributed by atoms with Crippen LogP contribution in [0.5, 0.6) is 0 Å². The van der Waals surface area contributed by atoms with Crippen LogP contribution in [0, 0.1) is 20.8 Å². The van der Waals surface area contributed by atoms with E-state index in [4.69, 9.17) is 5.11 Å². The minimum Gasteiger partial charge on any atom is -0.385 e. The molecule has 0 saturated heterocycles. The molecule has 0 aliphatic rings. The van der Waals surface area contributed by atoms with Crippen molar-refractivity contribution in [1.29, 1.82) is 0 Å². The molecule has 0 bridgehead atoms. The standard InChI is InChI=1S/C10H11O2P.C9H10O2/c1-6-4-7(2)9(8(3)5-6)10(11)13-12;1-7(10)9(11)8-5-3-2-4-6-8/h4-5H,1-3H3;2-7,10H,1H3. The molecule has 0 saturated carbocycles. The lowest BCUT2D eigenvalue weighted by Gasteiger charge is -2.06. The highest BCUT2D eigenvalue weighted by molar-refractivity contribution is 7.47. The molecule has 126 valence electrons. The molecule has 2 aromatic carbocycles. The number of rotatable bonds is 4. The smallest absolute Gasteiger partial charge is 0.253 e. The third kappa shape index (κ3) is 5.48. The lowest BCUT2D eigenvalue weighted by atomic mass is 10.0. The Morgan fingerprint density at radius 1 is 1.00 bits per heavy atom. The van der Waals surface area contributed by atoms with Gasteiger partial charge in [0.15, 0.2) is 5.78 Å². The predicted molar refractivity (Wildman–Crippen MR) is 95.0 cm³/mol. The maximum absolute atomic E-state index is 11.2. The van der Waals surface area contributed by atoms with Crippen LogP contribution >= 0.6 is 8.46 Å². The highest BCUT2D eigenvalue weighted by Gasteiger charge is 2.12. The predicted octanol–water partition coefficient (Wildman–Crippen LogP) is 4.29. The number of hydrogen-bond acceptors (Lipinski definition) is 4. The van der Waals surface area contributed by atoms with Crippen molar-refractivity contribution >= 4 is 19.8 Å². The van der Waals surface area contributed by atoms with E-state index >= 15 is 0 Å². The van der Waals surface area contributed by atoms with Crippen LogP contribution in [0.3, 0.4) is 0 Å². The van der Waals surface area contributed by atoms with Crippen molar-refractivity contribution in [3.8, 4) is 0 Å². The van der Waals surface area contributed by atoms with E-state index in [9.17, 15) is 14.2 Å². The molecule has 1 unspecified atom stereocenters. The summed E-state index contributed by atoms with van der Waals surface area (Å²) in [6, 6.07) is 12.6. The lowest BCUT2D eigenvalue weighted by Crippen LogP contribution is -2.15. The molecule has 0 fully saturated rings. The fourth-order valence-corrected chi connectivity index (χ4v) is 2.85. The maximum Gasteiger partial charge on any atom is 0.253 e. The van der Waals surface area contributed by atoms with Crippen molar-refractivity contribution in [2.24, 2.45) is 0 Å². The van der Waals surface area contributed by atoms with Crippen molar-refractivity contribution in [2.75, 3.05) is 0 Å². The number of aryl methyl sites for hydroxylation is 3. The number of hydrogen-bond donors (Lipinski definition) is 1. The Bertz CT molecular complexity index is 713. The summed E-state index contributed by atoms with van der Waals surface area (Å²) in [7, 11) is -0.434. The summed E-state index contributed by atoms with van der Waals surface area (Å²) in [5.41, 5.74) is 3.71. The first kappa shape index (κ1) is 19.9. The molecular weight excluding hydrogens is 323 g/mol. The largest absolute Gasteiger partial charge is 0.385 e. The molecule has 0 aliphatic heterocycles. The number of aliphatic hydroxyl groups excluding tert-OH is 1. The second-order valence-electron chi connectivity index (χ2n) is 5.58. The zero-order chi connectivity index (χ0) is 18.3. The van der Waals surface area contributed by atoms with E-state index in [-0.39, 0.29) is 11.3 Å². The highest BCUT2D eigenvalue weighted by atomic mass is 31.1. The van der Waals surface area contributed by atoms with Gasteiger partial charge in [0.05, 0.1) is 0 Å². The molecule has 2 rings (SSSR count). The van der Waals surface area contributed by atoms with Crippen molar-refractivity contribution < 1.29 is 19.3 Å². The van der Waals surface area contributed by atoms with E-state index < -0.39 is 14.6 Å². The Morgan fingerprint density at radius 3 is 1.92 bits per heavy atom. The minimum absolute atomic E-state index is 0.231. The lowest BCUT2D eigenvalue weighted by molar-refractivity contribution is 0.0779. The molecule has 0 radical (unpaired) electrons. The molecular formula is C19H21O4P. The summed E-state index contributed by atoms with van der Waals surface area (Å²) < 4.78 is 10.4. The van der Waals surface area contributed by atoms with Crippen LogP contribution in [0.2, 0.25) is 0 Å². The number of ketones is 1. The van der Waals surface area contributed by atoms with E-state index in [1.165, 1.54) is 6.92 Å². The van der Waals surface area contributed by atoms with Gasteiger partial charge in [-0.3, -0.25) is 14.2 Å². The van der Waals surface area contributed by atoms with Gasteiger partial charge < -0.3 is 5.11 Å². The van der Waals surface area contributed by atoms with Gasteiger partial charge in [-0.25, -0.2) is 0 Å². The number of benzene rings is 2. The van der Waals surface area contributed by atoms with E-state index in [1.54, 1.807) is 24.3 Å². The number of carbonyl (C=O) groups is 2. The van der Waals surface area contributed by atoms with Gasteiger partial charge in [-0.05, 0) is 38.8 Å². The summed E-state index contributed by atoms with van der Waals surface area (Å²) in [6.45, 7) is 7.16. The van der Waals surface area contributed by atoms with Crippen molar-refractivity contribution in [2.45, 2.75) is 33.8 Å². The highest BCUT2D eigenvalue weighted by Crippen LogP contribution is 2.20.